The maximum Gasteiger partial charge on any atom is 0.315 e. The summed E-state index contributed by atoms with van der Waals surface area (Å²) in [5.74, 6) is -1.44. The van der Waals surface area contributed by atoms with Crippen molar-refractivity contribution in [3.63, 3.8) is 0 Å². The molecular weight excluding hydrogens is 324 g/mol. The van der Waals surface area contributed by atoms with Crippen LogP contribution in [0.3, 0.4) is 0 Å². The molecule has 1 saturated heterocycles. The summed E-state index contributed by atoms with van der Waals surface area (Å²) in [6.45, 7) is 1.74. The lowest BCUT2D eigenvalue weighted by atomic mass is 9.59. The standard InChI is InChI=1S/C19H24O6/c1-17-12(21)5-6-19(25-16(17)23)11-4-3-9-7-18(11,8-10(9)20)13(14(17)19)15(22)24-2/h9,11-14,21H,3-8H2,1-2H3/t9-,11-,12-,13-,14-,17+,18-,19-/m1/s1. The van der Waals surface area contributed by atoms with Crippen molar-refractivity contribution in [2.45, 2.75) is 57.2 Å². The lowest BCUT2D eigenvalue weighted by molar-refractivity contribution is -0.163. The molecule has 8 atom stereocenters. The number of Topliss-reactive ketones (excluding diaryl/α,β-unsaturated/α-hetero) is 1. The predicted octanol–water partition coefficient (Wildman–Crippen LogP) is 1.24. The summed E-state index contributed by atoms with van der Waals surface area (Å²) in [7, 11) is 1.36. The molecule has 6 nitrogen and oxygen atoms in total. The molecule has 5 rings (SSSR count). The molecule has 1 aliphatic heterocycles. The minimum atomic E-state index is -1.09. The van der Waals surface area contributed by atoms with Crippen LogP contribution < -0.4 is 0 Å². The third-order valence-electron chi connectivity index (χ3n) is 8.48. The second kappa shape index (κ2) is 4.45. The van der Waals surface area contributed by atoms with Gasteiger partial charge in [-0.2, -0.15) is 0 Å². The van der Waals surface area contributed by atoms with Gasteiger partial charge in [0.25, 0.3) is 0 Å². The number of ketones is 1. The third-order valence-corrected chi connectivity index (χ3v) is 8.48. The highest BCUT2D eigenvalue weighted by molar-refractivity contribution is 5.90. The third kappa shape index (κ3) is 1.47. The van der Waals surface area contributed by atoms with Crippen LogP contribution in [0.25, 0.3) is 0 Å². The summed E-state index contributed by atoms with van der Waals surface area (Å²) >= 11 is 0. The van der Waals surface area contributed by atoms with Gasteiger partial charge in [0.1, 0.15) is 11.4 Å². The first kappa shape index (κ1) is 15.8. The van der Waals surface area contributed by atoms with Gasteiger partial charge >= 0.3 is 11.9 Å². The highest BCUT2D eigenvalue weighted by Gasteiger charge is 2.83. The van der Waals surface area contributed by atoms with Crippen LogP contribution in [0.1, 0.15) is 45.4 Å². The normalized spacial score (nSPS) is 55.6. The highest BCUT2D eigenvalue weighted by atomic mass is 16.6. The van der Waals surface area contributed by atoms with Crippen molar-refractivity contribution in [2.24, 2.45) is 34.5 Å². The second-order valence-electron chi connectivity index (χ2n) is 9.07. The number of ether oxygens (including phenoxy) is 2. The fourth-order valence-corrected chi connectivity index (χ4v) is 7.59. The van der Waals surface area contributed by atoms with Crippen molar-refractivity contribution in [3.05, 3.63) is 0 Å². The molecule has 6 heteroatoms. The summed E-state index contributed by atoms with van der Waals surface area (Å²) in [6, 6.07) is 0. The molecule has 0 aromatic carbocycles. The van der Waals surface area contributed by atoms with Crippen molar-refractivity contribution < 1.29 is 29.0 Å². The second-order valence-corrected chi connectivity index (χ2v) is 9.07. The highest BCUT2D eigenvalue weighted by Crippen LogP contribution is 2.76. The zero-order chi connectivity index (χ0) is 17.8. The zero-order valence-electron chi connectivity index (χ0n) is 14.6. The summed E-state index contributed by atoms with van der Waals surface area (Å²) in [5.41, 5.74) is -2.28. The molecule has 0 aromatic rings. The van der Waals surface area contributed by atoms with E-state index in [-0.39, 0.29) is 23.6 Å². The Kier molecular flexibility index (Phi) is 2.81. The largest absolute Gasteiger partial charge is 0.469 e. The molecule has 4 saturated carbocycles. The van der Waals surface area contributed by atoms with Gasteiger partial charge < -0.3 is 14.6 Å². The van der Waals surface area contributed by atoms with E-state index >= 15 is 0 Å². The fraction of sp³-hybridized carbons (Fsp3) is 0.842. The minimum absolute atomic E-state index is 0.00933. The number of methoxy groups -OCH3 is 1. The molecule has 5 fully saturated rings. The van der Waals surface area contributed by atoms with E-state index in [9.17, 15) is 19.5 Å². The molecule has 25 heavy (non-hydrogen) atoms. The average Bonchev–Trinajstić information content (AvgIpc) is 3.05. The lowest BCUT2D eigenvalue weighted by Crippen LogP contribution is -2.53. The SMILES string of the molecule is COC(=O)[C@H]1[C@H]2[C@@]3(CC[C@@H](O)[C@]2(C)C(=O)O3)[C@@H]2CC[C@@H]3C[C@@]21CC3=O. The number of hydrogen-bond acceptors (Lipinski definition) is 6. The number of hydrogen-bond donors (Lipinski definition) is 1. The molecule has 0 amide bonds. The maximum absolute atomic E-state index is 12.9. The number of aliphatic hydroxyl groups excluding tert-OH is 1. The quantitative estimate of drug-likeness (QED) is 0.717. The number of fused-ring (bicyclic) bond motifs is 1. The van der Waals surface area contributed by atoms with E-state index in [0.29, 0.717) is 25.7 Å². The molecule has 0 aromatic heterocycles. The van der Waals surface area contributed by atoms with Gasteiger partial charge in [-0.05, 0) is 44.4 Å². The number of aliphatic hydroxyl groups is 1. The Hall–Kier alpha value is -1.43. The van der Waals surface area contributed by atoms with E-state index in [2.05, 4.69) is 0 Å². The Balaban J connectivity index is 1.75. The van der Waals surface area contributed by atoms with Gasteiger partial charge in [-0.15, -0.1) is 0 Å². The molecule has 1 heterocycles. The molecular formula is C19H24O6. The van der Waals surface area contributed by atoms with Crippen LogP contribution in [0.15, 0.2) is 0 Å². The van der Waals surface area contributed by atoms with Crippen LogP contribution in [0.4, 0.5) is 0 Å². The Labute approximate surface area is 146 Å². The fourth-order valence-electron chi connectivity index (χ4n) is 7.59. The van der Waals surface area contributed by atoms with Gasteiger partial charge in [-0.3, -0.25) is 14.4 Å². The molecule has 1 N–H and O–H groups in total. The van der Waals surface area contributed by atoms with E-state index in [1.807, 2.05) is 0 Å². The zero-order valence-corrected chi connectivity index (χ0v) is 14.6. The first-order chi connectivity index (χ1) is 11.8. The summed E-state index contributed by atoms with van der Waals surface area (Å²) in [6.07, 6.45) is 2.93. The molecule has 5 aliphatic rings. The average molecular weight is 348 g/mol. The van der Waals surface area contributed by atoms with E-state index < -0.39 is 40.3 Å². The van der Waals surface area contributed by atoms with Crippen LogP contribution >= 0.6 is 0 Å². The van der Waals surface area contributed by atoms with Crippen LogP contribution in [0.5, 0.6) is 0 Å². The van der Waals surface area contributed by atoms with Crippen LogP contribution in [0.2, 0.25) is 0 Å². The molecule has 4 aliphatic carbocycles. The van der Waals surface area contributed by atoms with Gasteiger partial charge in [0.05, 0.1) is 24.5 Å². The van der Waals surface area contributed by atoms with Crippen LogP contribution in [-0.4, -0.2) is 41.6 Å². The summed E-state index contributed by atoms with van der Waals surface area (Å²) < 4.78 is 11.2. The van der Waals surface area contributed by atoms with Crippen molar-refractivity contribution >= 4 is 17.7 Å². The lowest BCUT2D eigenvalue weighted by Gasteiger charge is -2.44. The molecule has 136 valence electrons. The van der Waals surface area contributed by atoms with Gasteiger partial charge in [0.15, 0.2) is 0 Å². The van der Waals surface area contributed by atoms with E-state index in [1.54, 1.807) is 6.92 Å². The Morgan fingerprint density at radius 3 is 2.76 bits per heavy atom. The van der Waals surface area contributed by atoms with E-state index in [4.69, 9.17) is 9.47 Å². The molecule has 0 unspecified atom stereocenters. The molecule has 0 radical (unpaired) electrons. The van der Waals surface area contributed by atoms with Crippen LogP contribution in [0, 0.1) is 34.5 Å². The first-order valence-electron chi connectivity index (χ1n) is 9.33. The Morgan fingerprint density at radius 2 is 2.04 bits per heavy atom. The van der Waals surface area contributed by atoms with Gasteiger partial charge in [-0.25, -0.2) is 0 Å². The van der Waals surface area contributed by atoms with Crippen molar-refractivity contribution in [3.8, 4) is 0 Å². The first-order valence-corrected chi connectivity index (χ1v) is 9.33. The monoisotopic (exact) mass is 348 g/mol. The number of esters is 2. The predicted molar refractivity (Wildman–Crippen MR) is 84.1 cm³/mol. The maximum atomic E-state index is 12.9. The Bertz CT molecular complexity index is 702. The van der Waals surface area contributed by atoms with Crippen LogP contribution in [-0.2, 0) is 23.9 Å². The van der Waals surface area contributed by atoms with Crippen molar-refractivity contribution in [2.75, 3.05) is 7.11 Å². The number of rotatable bonds is 1. The van der Waals surface area contributed by atoms with Gasteiger partial charge in [0, 0.05) is 24.2 Å². The van der Waals surface area contributed by atoms with Gasteiger partial charge in [-0.1, -0.05) is 0 Å². The Morgan fingerprint density at radius 1 is 1.28 bits per heavy atom. The molecule has 1 spiro atoms. The summed E-state index contributed by atoms with van der Waals surface area (Å²) in [5, 5.41) is 10.7. The van der Waals surface area contributed by atoms with Crippen molar-refractivity contribution in [1.82, 2.24) is 0 Å². The van der Waals surface area contributed by atoms with E-state index in [0.717, 1.165) is 12.8 Å². The molecule has 4 bridgehead atoms. The topological polar surface area (TPSA) is 89.9 Å². The smallest absolute Gasteiger partial charge is 0.315 e. The summed E-state index contributed by atoms with van der Waals surface area (Å²) in [4.78, 5) is 38.3. The van der Waals surface area contributed by atoms with Crippen molar-refractivity contribution in [1.29, 1.82) is 0 Å². The van der Waals surface area contributed by atoms with E-state index in [1.165, 1.54) is 7.11 Å². The minimum Gasteiger partial charge on any atom is -0.469 e. The number of carbonyl (C=O) groups excluding carboxylic acids is 3. The number of carbonyl (C=O) groups is 3. The van der Waals surface area contributed by atoms with Gasteiger partial charge in [0.2, 0.25) is 0 Å².